The van der Waals surface area contributed by atoms with Gasteiger partial charge in [-0.3, -0.25) is 9.59 Å². The maximum atomic E-state index is 11.3. The van der Waals surface area contributed by atoms with Gasteiger partial charge in [0, 0.05) is 12.0 Å². The Bertz CT molecular complexity index is 258. The second kappa shape index (κ2) is 6.70. The number of nitrogens with one attached hydrogen (secondary N) is 1. The summed E-state index contributed by atoms with van der Waals surface area (Å²) < 4.78 is 0. The van der Waals surface area contributed by atoms with Crippen molar-refractivity contribution in [2.24, 2.45) is 17.4 Å². The molecule has 2 amide bonds. The minimum Gasteiger partial charge on any atom is -0.369 e. The first-order valence-corrected chi connectivity index (χ1v) is 5.36. The molecule has 3 atom stereocenters. The van der Waals surface area contributed by atoms with Crippen LogP contribution in [0.2, 0.25) is 0 Å². The number of hydrogen-bond acceptors (Lipinski definition) is 3. The molecule has 6 heteroatoms. The first-order valence-electron chi connectivity index (χ1n) is 5.36. The highest BCUT2D eigenvalue weighted by Crippen LogP contribution is 2.23. The lowest BCUT2D eigenvalue weighted by Gasteiger charge is -2.28. The van der Waals surface area contributed by atoms with E-state index in [4.69, 9.17) is 11.5 Å². The number of nitrogens with two attached hydrogens (primary N) is 2. The summed E-state index contributed by atoms with van der Waals surface area (Å²) >= 11 is 0. The third-order valence-corrected chi connectivity index (χ3v) is 2.84. The van der Waals surface area contributed by atoms with Gasteiger partial charge in [0.2, 0.25) is 11.8 Å². The number of carbonyl (C=O) groups excluding carboxylic acids is 2. The summed E-state index contributed by atoms with van der Waals surface area (Å²) in [6.07, 6.45) is 3.31. The van der Waals surface area contributed by atoms with Crippen LogP contribution in [0.15, 0.2) is 0 Å². The van der Waals surface area contributed by atoms with Crippen LogP contribution in [0.25, 0.3) is 0 Å². The fourth-order valence-corrected chi connectivity index (χ4v) is 1.91. The number of amides is 2. The van der Waals surface area contributed by atoms with Gasteiger partial charge in [-0.2, -0.15) is 0 Å². The quantitative estimate of drug-likeness (QED) is 0.652. The highest BCUT2D eigenvalue weighted by molar-refractivity contribution is 5.85. The van der Waals surface area contributed by atoms with E-state index in [-0.39, 0.29) is 36.2 Å². The molecule has 16 heavy (non-hydrogen) atoms. The van der Waals surface area contributed by atoms with E-state index in [1.807, 2.05) is 0 Å². The summed E-state index contributed by atoms with van der Waals surface area (Å²) in [5.74, 6) is -0.531. The van der Waals surface area contributed by atoms with Crippen molar-refractivity contribution >= 4 is 24.2 Å². The molecule has 0 saturated heterocycles. The van der Waals surface area contributed by atoms with Gasteiger partial charge >= 0.3 is 0 Å². The minimum atomic E-state index is -0.501. The minimum absolute atomic E-state index is 0. The van der Waals surface area contributed by atoms with Crippen molar-refractivity contribution in [1.29, 1.82) is 0 Å². The number of hydrogen-bond donors (Lipinski definition) is 3. The van der Waals surface area contributed by atoms with Crippen LogP contribution in [0.3, 0.4) is 0 Å². The number of carbonyl (C=O) groups is 2. The molecule has 5 nitrogen and oxygen atoms in total. The van der Waals surface area contributed by atoms with Crippen LogP contribution in [0.1, 0.15) is 32.6 Å². The Morgan fingerprint density at radius 2 is 2.00 bits per heavy atom. The Kier molecular flexibility index (Phi) is 6.36. The van der Waals surface area contributed by atoms with Crippen LogP contribution in [0.4, 0.5) is 0 Å². The molecule has 0 radical (unpaired) electrons. The highest BCUT2D eigenvalue weighted by Gasteiger charge is 2.26. The van der Waals surface area contributed by atoms with Gasteiger partial charge in [0.1, 0.15) is 0 Å². The smallest absolute Gasteiger partial charge is 0.236 e. The molecule has 1 rings (SSSR count). The second-order valence-corrected chi connectivity index (χ2v) is 4.26. The van der Waals surface area contributed by atoms with E-state index in [9.17, 15) is 9.59 Å². The van der Waals surface area contributed by atoms with Crippen LogP contribution in [0.5, 0.6) is 0 Å². The fourth-order valence-electron chi connectivity index (χ4n) is 1.91. The molecular weight excluding hydrogens is 230 g/mol. The van der Waals surface area contributed by atoms with Crippen molar-refractivity contribution in [2.75, 3.05) is 0 Å². The molecule has 1 fully saturated rings. The van der Waals surface area contributed by atoms with Crippen molar-refractivity contribution in [3.63, 3.8) is 0 Å². The van der Waals surface area contributed by atoms with Crippen molar-refractivity contribution in [1.82, 2.24) is 5.32 Å². The number of rotatable bonds is 3. The van der Waals surface area contributed by atoms with E-state index in [1.54, 1.807) is 6.92 Å². The Hall–Kier alpha value is -0.810. The molecule has 0 aromatic rings. The lowest BCUT2D eigenvalue weighted by atomic mass is 9.85. The molecule has 0 aromatic carbocycles. The Balaban J connectivity index is 0.00000225. The van der Waals surface area contributed by atoms with Crippen LogP contribution >= 0.6 is 12.4 Å². The third-order valence-electron chi connectivity index (χ3n) is 2.84. The topological polar surface area (TPSA) is 98.2 Å². The van der Waals surface area contributed by atoms with Crippen LogP contribution in [0, 0.1) is 5.92 Å². The number of halogens is 1. The molecule has 1 aliphatic carbocycles. The lowest BCUT2D eigenvalue weighted by Crippen LogP contribution is -2.46. The molecule has 0 aromatic heterocycles. The van der Waals surface area contributed by atoms with Gasteiger partial charge < -0.3 is 16.8 Å². The predicted molar refractivity (Wildman–Crippen MR) is 64.0 cm³/mol. The Morgan fingerprint density at radius 1 is 1.38 bits per heavy atom. The average Bonchev–Trinajstić information content (AvgIpc) is 2.18. The van der Waals surface area contributed by atoms with Crippen molar-refractivity contribution in [2.45, 2.75) is 44.7 Å². The lowest BCUT2D eigenvalue weighted by molar-refractivity contribution is -0.125. The zero-order valence-electron chi connectivity index (χ0n) is 9.44. The second-order valence-electron chi connectivity index (χ2n) is 4.26. The van der Waals surface area contributed by atoms with E-state index in [2.05, 4.69) is 5.32 Å². The zero-order chi connectivity index (χ0) is 11.4. The standard InChI is InChI=1S/C10H19N3O2.ClH/c1-6(11)10(15)13-8-4-2-3-7(5-8)9(12)14;/h6-8H,2-5,11H2,1H3,(H2,12,14)(H,13,15);1H. The highest BCUT2D eigenvalue weighted by atomic mass is 35.5. The normalized spacial score (nSPS) is 26.4. The number of primary amides is 1. The van der Waals surface area contributed by atoms with Crippen LogP contribution in [-0.4, -0.2) is 23.9 Å². The molecule has 0 aliphatic heterocycles. The van der Waals surface area contributed by atoms with Gasteiger partial charge in [0.05, 0.1) is 6.04 Å². The van der Waals surface area contributed by atoms with Gasteiger partial charge in [-0.15, -0.1) is 12.4 Å². The Morgan fingerprint density at radius 3 is 2.50 bits per heavy atom. The molecule has 1 saturated carbocycles. The monoisotopic (exact) mass is 249 g/mol. The predicted octanol–water partition coefficient (Wildman–Crippen LogP) is -0.0843. The van der Waals surface area contributed by atoms with E-state index < -0.39 is 6.04 Å². The summed E-state index contributed by atoms with van der Waals surface area (Å²) in [4.78, 5) is 22.3. The summed E-state index contributed by atoms with van der Waals surface area (Å²) in [5, 5.41) is 2.83. The summed E-state index contributed by atoms with van der Waals surface area (Å²) in [5.41, 5.74) is 10.7. The molecule has 94 valence electrons. The zero-order valence-corrected chi connectivity index (χ0v) is 10.3. The van der Waals surface area contributed by atoms with Crippen molar-refractivity contribution < 1.29 is 9.59 Å². The largest absolute Gasteiger partial charge is 0.369 e. The third kappa shape index (κ3) is 4.37. The maximum absolute atomic E-state index is 11.3. The van der Waals surface area contributed by atoms with Crippen LogP contribution < -0.4 is 16.8 Å². The summed E-state index contributed by atoms with van der Waals surface area (Å²) in [6.45, 7) is 1.64. The van der Waals surface area contributed by atoms with Gasteiger partial charge in [0.15, 0.2) is 0 Å². The van der Waals surface area contributed by atoms with E-state index in [0.29, 0.717) is 6.42 Å². The molecule has 0 bridgehead atoms. The average molecular weight is 250 g/mol. The molecule has 3 unspecified atom stereocenters. The SMILES string of the molecule is CC(N)C(=O)NC1CCCC(C(N)=O)C1.Cl. The van der Waals surface area contributed by atoms with Crippen molar-refractivity contribution in [3.05, 3.63) is 0 Å². The Labute approximate surface area is 102 Å². The molecular formula is C10H20ClN3O2. The van der Waals surface area contributed by atoms with Gasteiger partial charge in [-0.1, -0.05) is 6.42 Å². The molecule has 5 N–H and O–H groups in total. The van der Waals surface area contributed by atoms with Crippen LogP contribution in [-0.2, 0) is 9.59 Å². The summed E-state index contributed by atoms with van der Waals surface area (Å²) in [6, 6.07) is -0.450. The summed E-state index contributed by atoms with van der Waals surface area (Å²) in [7, 11) is 0. The molecule has 0 heterocycles. The van der Waals surface area contributed by atoms with Crippen molar-refractivity contribution in [3.8, 4) is 0 Å². The first-order chi connectivity index (χ1) is 7.00. The first kappa shape index (κ1) is 15.2. The van der Waals surface area contributed by atoms with Gasteiger partial charge in [-0.05, 0) is 26.2 Å². The van der Waals surface area contributed by atoms with Gasteiger partial charge in [0.25, 0.3) is 0 Å². The van der Waals surface area contributed by atoms with E-state index in [1.165, 1.54) is 0 Å². The maximum Gasteiger partial charge on any atom is 0.236 e. The van der Waals surface area contributed by atoms with E-state index >= 15 is 0 Å². The van der Waals surface area contributed by atoms with Gasteiger partial charge in [-0.25, -0.2) is 0 Å². The fraction of sp³-hybridized carbons (Fsp3) is 0.800. The molecule has 0 spiro atoms. The van der Waals surface area contributed by atoms with E-state index in [0.717, 1.165) is 19.3 Å². The molecule has 1 aliphatic rings.